The zero-order valence-electron chi connectivity index (χ0n) is 8.67. The van der Waals surface area contributed by atoms with E-state index in [0.717, 1.165) is 10.0 Å². The SMILES string of the molecule is Cc1cc(F)cc(Nc2ncccc2Br)c1. The molecule has 0 spiro atoms. The quantitative estimate of drug-likeness (QED) is 0.898. The van der Waals surface area contributed by atoms with Crippen LogP contribution in [0.3, 0.4) is 0 Å². The molecular formula is C12H10BrFN2. The number of hydrogen-bond acceptors (Lipinski definition) is 2. The van der Waals surface area contributed by atoms with Crippen LogP contribution in [0, 0.1) is 12.7 Å². The van der Waals surface area contributed by atoms with Gasteiger partial charge in [0.05, 0.1) is 4.47 Å². The van der Waals surface area contributed by atoms with E-state index in [1.165, 1.54) is 12.1 Å². The van der Waals surface area contributed by atoms with E-state index in [9.17, 15) is 4.39 Å². The fourth-order valence-electron chi connectivity index (χ4n) is 1.42. The lowest BCUT2D eigenvalue weighted by Gasteiger charge is -2.08. The summed E-state index contributed by atoms with van der Waals surface area (Å²) >= 11 is 3.37. The number of benzene rings is 1. The Bertz CT molecular complexity index is 494. The van der Waals surface area contributed by atoms with Crippen LogP contribution in [0.1, 0.15) is 5.56 Å². The van der Waals surface area contributed by atoms with Gasteiger partial charge in [-0.3, -0.25) is 0 Å². The van der Waals surface area contributed by atoms with Crippen LogP contribution < -0.4 is 5.32 Å². The normalized spacial score (nSPS) is 10.2. The predicted molar refractivity (Wildman–Crippen MR) is 66.4 cm³/mol. The Labute approximate surface area is 102 Å². The number of nitrogens with one attached hydrogen (secondary N) is 1. The van der Waals surface area contributed by atoms with Gasteiger partial charge < -0.3 is 5.32 Å². The van der Waals surface area contributed by atoms with Crippen molar-refractivity contribution < 1.29 is 4.39 Å². The maximum atomic E-state index is 13.2. The first-order valence-electron chi connectivity index (χ1n) is 4.80. The summed E-state index contributed by atoms with van der Waals surface area (Å²) in [5.74, 6) is 0.419. The molecule has 0 saturated carbocycles. The molecule has 1 N–H and O–H groups in total. The summed E-state index contributed by atoms with van der Waals surface area (Å²) in [7, 11) is 0. The number of pyridine rings is 1. The predicted octanol–water partition coefficient (Wildman–Crippen LogP) is 4.04. The van der Waals surface area contributed by atoms with E-state index >= 15 is 0 Å². The van der Waals surface area contributed by atoms with Crippen molar-refractivity contribution in [3.63, 3.8) is 0 Å². The van der Waals surface area contributed by atoms with Gasteiger partial charge in [0.15, 0.2) is 0 Å². The average molecular weight is 281 g/mol. The van der Waals surface area contributed by atoms with Crippen molar-refractivity contribution in [2.45, 2.75) is 6.92 Å². The third-order valence-corrected chi connectivity index (χ3v) is 2.70. The molecule has 1 heterocycles. The molecule has 2 rings (SSSR count). The molecule has 0 fully saturated rings. The molecule has 0 amide bonds. The molecule has 82 valence electrons. The number of aromatic nitrogens is 1. The van der Waals surface area contributed by atoms with Crippen molar-refractivity contribution in [3.05, 3.63) is 52.4 Å². The Hall–Kier alpha value is -1.42. The van der Waals surface area contributed by atoms with Crippen LogP contribution in [0.2, 0.25) is 0 Å². The number of rotatable bonds is 2. The van der Waals surface area contributed by atoms with Gasteiger partial charge >= 0.3 is 0 Å². The first-order valence-corrected chi connectivity index (χ1v) is 5.59. The molecule has 1 aromatic heterocycles. The van der Waals surface area contributed by atoms with Gasteiger partial charge in [-0.1, -0.05) is 0 Å². The Balaban J connectivity index is 2.30. The minimum atomic E-state index is -0.255. The van der Waals surface area contributed by atoms with E-state index < -0.39 is 0 Å². The van der Waals surface area contributed by atoms with Crippen molar-refractivity contribution >= 4 is 27.4 Å². The second kappa shape index (κ2) is 4.61. The van der Waals surface area contributed by atoms with Crippen LogP contribution in [0.5, 0.6) is 0 Å². The van der Waals surface area contributed by atoms with Crippen LogP contribution in [-0.4, -0.2) is 4.98 Å². The lowest BCUT2D eigenvalue weighted by Crippen LogP contribution is -1.95. The summed E-state index contributed by atoms with van der Waals surface area (Å²) in [6.45, 7) is 1.85. The van der Waals surface area contributed by atoms with Crippen LogP contribution in [0.15, 0.2) is 41.0 Å². The molecule has 0 aliphatic rings. The summed E-state index contributed by atoms with van der Waals surface area (Å²) in [5, 5.41) is 3.06. The number of anilines is 2. The highest BCUT2D eigenvalue weighted by Gasteiger charge is 2.02. The second-order valence-corrected chi connectivity index (χ2v) is 4.33. The number of aryl methyl sites for hydroxylation is 1. The van der Waals surface area contributed by atoms with Gasteiger partial charge in [0.25, 0.3) is 0 Å². The number of hydrogen-bond donors (Lipinski definition) is 1. The van der Waals surface area contributed by atoms with Crippen molar-refractivity contribution in [3.8, 4) is 0 Å². The van der Waals surface area contributed by atoms with Gasteiger partial charge in [0.1, 0.15) is 11.6 Å². The largest absolute Gasteiger partial charge is 0.339 e. The van der Waals surface area contributed by atoms with Crippen LogP contribution in [0.25, 0.3) is 0 Å². The van der Waals surface area contributed by atoms with Gasteiger partial charge in [0.2, 0.25) is 0 Å². The van der Waals surface area contributed by atoms with Gasteiger partial charge in [-0.2, -0.15) is 0 Å². The van der Waals surface area contributed by atoms with Crippen LogP contribution in [-0.2, 0) is 0 Å². The standard InChI is InChI=1S/C12H10BrFN2/c1-8-5-9(14)7-10(6-8)16-12-11(13)3-2-4-15-12/h2-7H,1H3,(H,15,16). The summed E-state index contributed by atoms with van der Waals surface area (Å²) in [6.07, 6.45) is 1.68. The molecule has 0 radical (unpaired) electrons. The van der Waals surface area contributed by atoms with Crippen molar-refractivity contribution in [2.75, 3.05) is 5.32 Å². The zero-order chi connectivity index (χ0) is 11.5. The second-order valence-electron chi connectivity index (χ2n) is 3.48. The summed E-state index contributed by atoms with van der Waals surface area (Å²) in [4.78, 5) is 4.15. The fourth-order valence-corrected chi connectivity index (χ4v) is 1.78. The Morgan fingerprint density at radius 1 is 1.31 bits per heavy atom. The Morgan fingerprint density at radius 2 is 2.12 bits per heavy atom. The van der Waals surface area contributed by atoms with Gasteiger partial charge in [-0.25, -0.2) is 9.37 Å². The van der Waals surface area contributed by atoms with E-state index in [-0.39, 0.29) is 5.82 Å². The van der Waals surface area contributed by atoms with E-state index in [1.807, 2.05) is 25.1 Å². The molecular weight excluding hydrogens is 271 g/mol. The van der Waals surface area contributed by atoms with E-state index in [1.54, 1.807) is 6.20 Å². The summed E-state index contributed by atoms with van der Waals surface area (Å²) < 4.78 is 14.0. The lowest BCUT2D eigenvalue weighted by molar-refractivity contribution is 0.627. The lowest BCUT2D eigenvalue weighted by atomic mass is 10.2. The molecule has 0 atom stereocenters. The van der Waals surface area contributed by atoms with Gasteiger partial charge in [-0.05, 0) is 58.7 Å². The smallest absolute Gasteiger partial charge is 0.144 e. The maximum Gasteiger partial charge on any atom is 0.144 e. The minimum absolute atomic E-state index is 0.255. The molecule has 0 aliphatic carbocycles. The highest BCUT2D eigenvalue weighted by atomic mass is 79.9. The molecule has 0 aliphatic heterocycles. The fraction of sp³-hybridized carbons (Fsp3) is 0.0833. The maximum absolute atomic E-state index is 13.2. The molecule has 2 nitrogen and oxygen atoms in total. The van der Waals surface area contributed by atoms with Gasteiger partial charge in [-0.15, -0.1) is 0 Å². The van der Waals surface area contributed by atoms with Crippen molar-refractivity contribution in [1.29, 1.82) is 0 Å². The monoisotopic (exact) mass is 280 g/mol. The third kappa shape index (κ3) is 2.58. The average Bonchev–Trinajstić information content (AvgIpc) is 2.20. The topological polar surface area (TPSA) is 24.9 Å². The van der Waals surface area contributed by atoms with E-state index in [2.05, 4.69) is 26.2 Å². The molecule has 0 bridgehead atoms. The molecule has 0 saturated heterocycles. The summed E-state index contributed by atoms with van der Waals surface area (Å²) in [6, 6.07) is 8.49. The van der Waals surface area contributed by atoms with Crippen molar-refractivity contribution in [2.24, 2.45) is 0 Å². The molecule has 2 aromatic rings. The van der Waals surface area contributed by atoms with E-state index in [4.69, 9.17) is 0 Å². The molecule has 0 unspecified atom stereocenters. The minimum Gasteiger partial charge on any atom is -0.339 e. The van der Waals surface area contributed by atoms with E-state index in [0.29, 0.717) is 11.5 Å². The first-order chi connectivity index (χ1) is 7.65. The van der Waals surface area contributed by atoms with Crippen LogP contribution in [0.4, 0.5) is 15.9 Å². The van der Waals surface area contributed by atoms with Crippen LogP contribution >= 0.6 is 15.9 Å². The van der Waals surface area contributed by atoms with Gasteiger partial charge in [0, 0.05) is 11.9 Å². The number of nitrogens with zero attached hydrogens (tertiary/aromatic N) is 1. The first kappa shape index (κ1) is 11.1. The Kier molecular flexibility index (Phi) is 3.19. The Morgan fingerprint density at radius 3 is 2.81 bits per heavy atom. The molecule has 16 heavy (non-hydrogen) atoms. The number of halogens is 2. The highest BCUT2D eigenvalue weighted by molar-refractivity contribution is 9.10. The summed E-state index contributed by atoms with van der Waals surface area (Å²) in [5.41, 5.74) is 1.56. The van der Waals surface area contributed by atoms with Crippen molar-refractivity contribution in [1.82, 2.24) is 4.98 Å². The third-order valence-electron chi connectivity index (χ3n) is 2.06. The molecule has 4 heteroatoms. The zero-order valence-corrected chi connectivity index (χ0v) is 10.3. The highest BCUT2D eigenvalue weighted by Crippen LogP contribution is 2.23. The molecule has 1 aromatic carbocycles.